The van der Waals surface area contributed by atoms with Crippen molar-refractivity contribution in [3.05, 3.63) is 0 Å². The number of likely N-dealkylation sites (N-methyl/N-ethyl adjacent to an activating group) is 1. The SMILES string of the molecule is CCNC(C)(CCN1CCCC(CC)CC1)C(=O)O. The number of nitrogens with zero attached hydrogens (tertiary/aromatic N) is 1. The number of carboxylic acids is 1. The largest absolute Gasteiger partial charge is 0.480 e. The Balaban J connectivity index is 2.44. The van der Waals surface area contributed by atoms with Crippen molar-refractivity contribution in [1.82, 2.24) is 10.2 Å². The van der Waals surface area contributed by atoms with Gasteiger partial charge in [0.1, 0.15) is 5.54 Å². The van der Waals surface area contributed by atoms with Crippen LogP contribution < -0.4 is 5.32 Å². The third-order valence-electron chi connectivity index (χ3n) is 4.48. The lowest BCUT2D eigenvalue weighted by molar-refractivity contribution is -0.144. The fourth-order valence-electron chi connectivity index (χ4n) is 2.90. The molecule has 2 N–H and O–H groups in total. The summed E-state index contributed by atoms with van der Waals surface area (Å²) in [5.74, 6) is 0.125. The minimum atomic E-state index is -0.786. The molecule has 0 amide bonds. The molecule has 1 rings (SSSR count). The van der Waals surface area contributed by atoms with Crippen molar-refractivity contribution in [1.29, 1.82) is 0 Å². The summed E-state index contributed by atoms with van der Waals surface area (Å²) in [5.41, 5.74) is -0.786. The van der Waals surface area contributed by atoms with Gasteiger partial charge >= 0.3 is 5.97 Å². The van der Waals surface area contributed by atoms with E-state index in [1.54, 1.807) is 6.92 Å². The molecule has 0 saturated carbocycles. The second-order valence-electron chi connectivity index (χ2n) is 5.96. The summed E-state index contributed by atoms with van der Waals surface area (Å²) in [7, 11) is 0. The van der Waals surface area contributed by atoms with Gasteiger partial charge in [0, 0.05) is 6.54 Å². The Labute approximate surface area is 117 Å². The Kier molecular flexibility index (Phi) is 6.80. The van der Waals surface area contributed by atoms with E-state index in [1.807, 2.05) is 6.92 Å². The summed E-state index contributed by atoms with van der Waals surface area (Å²) in [6.07, 6.45) is 5.80. The topological polar surface area (TPSA) is 52.6 Å². The van der Waals surface area contributed by atoms with Gasteiger partial charge in [-0.1, -0.05) is 20.3 Å². The first-order chi connectivity index (χ1) is 9.01. The number of rotatable bonds is 7. The van der Waals surface area contributed by atoms with Gasteiger partial charge < -0.3 is 15.3 Å². The van der Waals surface area contributed by atoms with Crippen molar-refractivity contribution in [3.8, 4) is 0 Å². The van der Waals surface area contributed by atoms with E-state index in [9.17, 15) is 9.90 Å². The molecule has 4 nitrogen and oxygen atoms in total. The van der Waals surface area contributed by atoms with Crippen LogP contribution in [-0.4, -0.2) is 47.7 Å². The Morgan fingerprint density at radius 3 is 2.68 bits per heavy atom. The normalized spacial score (nSPS) is 24.7. The minimum absolute atomic E-state index is 0.674. The average Bonchev–Trinajstić information content (AvgIpc) is 2.61. The molecule has 0 spiro atoms. The molecule has 4 heteroatoms. The number of carbonyl (C=O) groups is 1. The first-order valence-electron chi connectivity index (χ1n) is 7.72. The van der Waals surface area contributed by atoms with Gasteiger partial charge in [-0.2, -0.15) is 0 Å². The summed E-state index contributed by atoms with van der Waals surface area (Å²) in [6, 6.07) is 0. The van der Waals surface area contributed by atoms with E-state index < -0.39 is 11.5 Å². The van der Waals surface area contributed by atoms with Gasteiger partial charge in [-0.3, -0.25) is 4.79 Å². The Bertz CT molecular complexity index is 283. The van der Waals surface area contributed by atoms with Crippen LogP contribution in [0.5, 0.6) is 0 Å². The predicted molar refractivity (Wildman–Crippen MR) is 78.4 cm³/mol. The molecular weight excluding hydrogens is 240 g/mol. The molecule has 0 aromatic rings. The monoisotopic (exact) mass is 270 g/mol. The van der Waals surface area contributed by atoms with Crippen molar-refractivity contribution in [2.45, 2.75) is 58.4 Å². The molecule has 0 aliphatic carbocycles. The Hall–Kier alpha value is -0.610. The van der Waals surface area contributed by atoms with E-state index in [-0.39, 0.29) is 0 Å². The number of aliphatic carboxylic acids is 1. The van der Waals surface area contributed by atoms with Gasteiger partial charge in [-0.25, -0.2) is 0 Å². The molecule has 0 aromatic heterocycles. The van der Waals surface area contributed by atoms with Crippen LogP contribution in [0, 0.1) is 5.92 Å². The van der Waals surface area contributed by atoms with E-state index in [2.05, 4.69) is 17.1 Å². The predicted octanol–water partition coefficient (Wildman–Crippen LogP) is 2.34. The maximum atomic E-state index is 11.4. The van der Waals surface area contributed by atoms with Crippen LogP contribution in [-0.2, 0) is 4.79 Å². The highest BCUT2D eigenvalue weighted by molar-refractivity contribution is 5.78. The molecule has 1 aliphatic rings. The molecule has 0 bridgehead atoms. The van der Waals surface area contributed by atoms with Crippen molar-refractivity contribution in [2.75, 3.05) is 26.2 Å². The lowest BCUT2D eigenvalue weighted by Crippen LogP contribution is -2.51. The van der Waals surface area contributed by atoms with Crippen LogP contribution in [0.4, 0.5) is 0 Å². The first kappa shape index (κ1) is 16.4. The molecule has 2 atom stereocenters. The van der Waals surface area contributed by atoms with Gasteiger partial charge in [-0.05, 0) is 58.2 Å². The van der Waals surface area contributed by atoms with E-state index in [0.717, 1.165) is 25.6 Å². The van der Waals surface area contributed by atoms with Crippen molar-refractivity contribution in [2.24, 2.45) is 5.92 Å². The van der Waals surface area contributed by atoms with Crippen LogP contribution in [0.3, 0.4) is 0 Å². The third kappa shape index (κ3) is 5.11. The van der Waals surface area contributed by atoms with Crippen LogP contribution in [0.2, 0.25) is 0 Å². The molecule has 1 saturated heterocycles. The van der Waals surface area contributed by atoms with Gasteiger partial charge in [0.2, 0.25) is 0 Å². The van der Waals surface area contributed by atoms with Gasteiger partial charge in [0.25, 0.3) is 0 Å². The van der Waals surface area contributed by atoms with Crippen molar-refractivity contribution in [3.63, 3.8) is 0 Å². The lowest BCUT2D eigenvalue weighted by Gasteiger charge is -2.29. The zero-order valence-electron chi connectivity index (χ0n) is 12.7. The number of hydrogen-bond acceptors (Lipinski definition) is 3. The van der Waals surface area contributed by atoms with Crippen LogP contribution in [0.15, 0.2) is 0 Å². The van der Waals surface area contributed by atoms with Gasteiger partial charge in [0.15, 0.2) is 0 Å². The Morgan fingerprint density at radius 1 is 1.37 bits per heavy atom. The molecule has 19 heavy (non-hydrogen) atoms. The summed E-state index contributed by atoms with van der Waals surface area (Å²) in [4.78, 5) is 13.8. The average molecular weight is 270 g/mol. The summed E-state index contributed by atoms with van der Waals surface area (Å²) >= 11 is 0. The van der Waals surface area contributed by atoms with E-state index in [1.165, 1.54) is 25.7 Å². The second-order valence-corrected chi connectivity index (χ2v) is 5.96. The third-order valence-corrected chi connectivity index (χ3v) is 4.48. The molecular formula is C15H30N2O2. The molecule has 2 unspecified atom stereocenters. The Morgan fingerprint density at radius 2 is 2.11 bits per heavy atom. The van der Waals surface area contributed by atoms with Gasteiger partial charge in [0.05, 0.1) is 0 Å². The fourth-order valence-corrected chi connectivity index (χ4v) is 2.90. The smallest absolute Gasteiger partial charge is 0.323 e. The molecule has 1 aliphatic heterocycles. The van der Waals surface area contributed by atoms with E-state index in [4.69, 9.17) is 0 Å². The lowest BCUT2D eigenvalue weighted by atomic mass is 9.97. The second kappa shape index (κ2) is 7.85. The summed E-state index contributed by atoms with van der Waals surface area (Å²) < 4.78 is 0. The van der Waals surface area contributed by atoms with Crippen molar-refractivity contribution >= 4 is 5.97 Å². The van der Waals surface area contributed by atoms with Crippen LogP contribution in [0.25, 0.3) is 0 Å². The molecule has 0 radical (unpaired) electrons. The van der Waals surface area contributed by atoms with Gasteiger partial charge in [-0.15, -0.1) is 0 Å². The number of likely N-dealkylation sites (tertiary alicyclic amines) is 1. The molecule has 1 heterocycles. The minimum Gasteiger partial charge on any atom is -0.480 e. The molecule has 112 valence electrons. The van der Waals surface area contributed by atoms with E-state index >= 15 is 0 Å². The van der Waals surface area contributed by atoms with E-state index in [0.29, 0.717) is 13.0 Å². The van der Waals surface area contributed by atoms with Crippen LogP contribution >= 0.6 is 0 Å². The fraction of sp³-hybridized carbons (Fsp3) is 0.933. The quantitative estimate of drug-likeness (QED) is 0.745. The first-order valence-corrected chi connectivity index (χ1v) is 7.72. The highest BCUT2D eigenvalue weighted by atomic mass is 16.4. The highest BCUT2D eigenvalue weighted by Crippen LogP contribution is 2.21. The standard InChI is InChI=1S/C15H30N2O2/c1-4-13-7-6-10-17(11-8-13)12-9-15(3,14(18)19)16-5-2/h13,16H,4-12H2,1-3H3,(H,18,19). The number of carboxylic acid groups (broad SMARTS) is 1. The molecule has 1 fully saturated rings. The van der Waals surface area contributed by atoms with Crippen molar-refractivity contribution < 1.29 is 9.90 Å². The highest BCUT2D eigenvalue weighted by Gasteiger charge is 2.32. The van der Waals surface area contributed by atoms with Crippen LogP contribution in [0.1, 0.15) is 52.9 Å². The zero-order chi connectivity index (χ0) is 14.3. The maximum absolute atomic E-state index is 11.4. The summed E-state index contributed by atoms with van der Waals surface area (Å²) in [5, 5.41) is 12.5. The number of hydrogen-bond donors (Lipinski definition) is 2. The summed E-state index contributed by atoms with van der Waals surface area (Å²) in [6.45, 7) is 9.85. The number of nitrogens with one attached hydrogen (secondary N) is 1. The maximum Gasteiger partial charge on any atom is 0.323 e. The zero-order valence-corrected chi connectivity index (χ0v) is 12.7. The molecule has 0 aromatic carbocycles.